The first kappa shape index (κ1) is 17.7. The highest BCUT2D eigenvalue weighted by Crippen LogP contribution is 2.12. The van der Waals surface area contributed by atoms with E-state index >= 15 is 0 Å². The van der Waals surface area contributed by atoms with Crippen molar-refractivity contribution in [2.24, 2.45) is 0 Å². The Morgan fingerprint density at radius 1 is 0.619 bits per heavy atom. The van der Waals surface area contributed by atoms with Crippen molar-refractivity contribution in [1.82, 2.24) is 15.0 Å². The molecule has 0 bridgehead atoms. The third-order valence-corrected chi connectivity index (χ3v) is 3.72. The van der Waals surface area contributed by atoms with Crippen molar-refractivity contribution < 1.29 is 0 Å². The topological polar surface area (TPSA) is 90.7 Å². The summed E-state index contributed by atoms with van der Waals surface area (Å²) in [6.07, 6.45) is 15.5. The minimum absolute atomic E-state index is 0.223. The number of rotatable bonds is 12. The number of aryl methyl sites for hydroxylation is 1. The Labute approximate surface area is 129 Å². The number of aromatic nitrogens is 3. The zero-order valence-electron chi connectivity index (χ0n) is 13.5. The summed E-state index contributed by atoms with van der Waals surface area (Å²) in [6.45, 7) is 2.26. The van der Waals surface area contributed by atoms with E-state index in [1.165, 1.54) is 64.2 Å². The molecule has 1 rings (SSSR count). The van der Waals surface area contributed by atoms with E-state index in [0.717, 1.165) is 18.7 Å². The van der Waals surface area contributed by atoms with Gasteiger partial charge in [0.1, 0.15) is 5.82 Å². The highest BCUT2D eigenvalue weighted by atomic mass is 15.1. The second-order valence-corrected chi connectivity index (χ2v) is 5.75. The number of hydrogen-bond donors (Lipinski definition) is 2. The van der Waals surface area contributed by atoms with Gasteiger partial charge in [0.25, 0.3) is 0 Å². The van der Waals surface area contributed by atoms with E-state index in [1.54, 1.807) is 0 Å². The lowest BCUT2D eigenvalue weighted by Crippen LogP contribution is -2.06. The van der Waals surface area contributed by atoms with Crippen LogP contribution in [0.15, 0.2) is 0 Å². The van der Waals surface area contributed by atoms with Gasteiger partial charge in [-0.1, -0.05) is 71.1 Å². The number of anilines is 2. The second kappa shape index (κ2) is 11.3. The fourth-order valence-corrected chi connectivity index (χ4v) is 2.52. The summed E-state index contributed by atoms with van der Waals surface area (Å²) in [4.78, 5) is 12.0. The van der Waals surface area contributed by atoms with Crippen LogP contribution in [0.1, 0.15) is 83.4 Å². The molecule has 0 aromatic carbocycles. The fourth-order valence-electron chi connectivity index (χ4n) is 2.52. The molecule has 4 N–H and O–H groups in total. The maximum Gasteiger partial charge on any atom is 0.225 e. The molecule has 0 aliphatic heterocycles. The van der Waals surface area contributed by atoms with Crippen molar-refractivity contribution in [1.29, 1.82) is 0 Å². The number of unbranched alkanes of at least 4 members (excludes halogenated alkanes) is 10. The molecule has 1 aromatic rings. The largest absolute Gasteiger partial charge is 0.368 e. The van der Waals surface area contributed by atoms with E-state index in [0.29, 0.717) is 0 Å². The molecule has 5 nitrogen and oxygen atoms in total. The smallest absolute Gasteiger partial charge is 0.225 e. The summed E-state index contributed by atoms with van der Waals surface area (Å²) >= 11 is 0. The third-order valence-electron chi connectivity index (χ3n) is 3.72. The number of nitrogen functional groups attached to an aromatic ring is 2. The molecular formula is C16H31N5. The van der Waals surface area contributed by atoms with Gasteiger partial charge in [-0.25, -0.2) is 0 Å². The molecule has 0 fully saturated rings. The SMILES string of the molecule is CCCCCCCCCCCCCc1nc(N)nc(N)n1. The molecule has 1 aromatic heterocycles. The number of hydrogen-bond acceptors (Lipinski definition) is 5. The van der Waals surface area contributed by atoms with Gasteiger partial charge >= 0.3 is 0 Å². The Hall–Kier alpha value is -1.39. The van der Waals surface area contributed by atoms with E-state index < -0.39 is 0 Å². The maximum atomic E-state index is 5.55. The molecule has 120 valence electrons. The van der Waals surface area contributed by atoms with Crippen molar-refractivity contribution in [3.05, 3.63) is 5.82 Å². The summed E-state index contributed by atoms with van der Waals surface area (Å²) in [7, 11) is 0. The Balaban J connectivity index is 1.93. The maximum absolute atomic E-state index is 5.55. The Bertz CT molecular complexity index is 361. The average molecular weight is 293 g/mol. The molecule has 5 heteroatoms. The molecule has 21 heavy (non-hydrogen) atoms. The number of nitrogens with zero attached hydrogens (tertiary/aromatic N) is 3. The minimum Gasteiger partial charge on any atom is -0.368 e. The van der Waals surface area contributed by atoms with E-state index in [4.69, 9.17) is 11.5 Å². The van der Waals surface area contributed by atoms with Crippen LogP contribution in [0.4, 0.5) is 11.9 Å². The van der Waals surface area contributed by atoms with Crippen molar-refractivity contribution >= 4 is 11.9 Å². The molecule has 0 saturated heterocycles. The molecule has 1 heterocycles. The van der Waals surface area contributed by atoms with Crippen LogP contribution >= 0.6 is 0 Å². The number of nitrogens with two attached hydrogens (primary N) is 2. The predicted molar refractivity (Wildman–Crippen MR) is 88.8 cm³/mol. The minimum atomic E-state index is 0.223. The van der Waals surface area contributed by atoms with Gasteiger partial charge in [-0.15, -0.1) is 0 Å². The third kappa shape index (κ3) is 9.21. The lowest BCUT2D eigenvalue weighted by atomic mass is 10.1. The van der Waals surface area contributed by atoms with Gasteiger partial charge in [0.05, 0.1) is 0 Å². The van der Waals surface area contributed by atoms with E-state index in [1.807, 2.05) is 0 Å². The van der Waals surface area contributed by atoms with Gasteiger partial charge in [0.15, 0.2) is 0 Å². The summed E-state index contributed by atoms with van der Waals surface area (Å²) < 4.78 is 0. The fraction of sp³-hybridized carbons (Fsp3) is 0.812. The lowest BCUT2D eigenvalue weighted by molar-refractivity contribution is 0.548. The Morgan fingerprint density at radius 2 is 1.05 bits per heavy atom. The van der Waals surface area contributed by atoms with Gasteiger partial charge in [0, 0.05) is 6.42 Å². The van der Waals surface area contributed by atoms with Crippen molar-refractivity contribution in [2.75, 3.05) is 11.5 Å². The van der Waals surface area contributed by atoms with Gasteiger partial charge in [-0.05, 0) is 6.42 Å². The summed E-state index contributed by atoms with van der Waals surface area (Å²) in [6, 6.07) is 0. The van der Waals surface area contributed by atoms with Crippen LogP contribution in [0.25, 0.3) is 0 Å². The van der Waals surface area contributed by atoms with Gasteiger partial charge in [-0.3, -0.25) is 0 Å². The average Bonchev–Trinajstić information content (AvgIpc) is 2.44. The van der Waals surface area contributed by atoms with Gasteiger partial charge in [0.2, 0.25) is 11.9 Å². The van der Waals surface area contributed by atoms with Crippen LogP contribution in [0, 0.1) is 0 Å². The molecule has 0 unspecified atom stereocenters. The molecular weight excluding hydrogens is 262 g/mol. The van der Waals surface area contributed by atoms with Crippen LogP contribution in [-0.2, 0) is 6.42 Å². The molecule has 0 amide bonds. The highest BCUT2D eigenvalue weighted by molar-refractivity contribution is 5.25. The van der Waals surface area contributed by atoms with Crippen molar-refractivity contribution in [2.45, 2.75) is 84.0 Å². The van der Waals surface area contributed by atoms with Crippen molar-refractivity contribution in [3.8, 4) is 0 Å². The van der Waals surface area contributed by atoms with Crippen LogP contribution < -0.4 is 11.5 Å². The van der Waals surface area contributed by atoms with Crippen LogP contribution in [0.3, 0.4) is 0 Å². The zero-order chi connectivity index (χ0) is 15.3. The summed E-state index contributed by atoms with van der Waals surface area (Å²) in [5.74, 6) is 1.16. The normalized spacial score (nSPS) is 10.9. The van der Waals surface area contributed by atoms with Crippen LogP contribution in [0.5, 0.6) is 0 Å². The molecule has 0 spiro atoms. The Kier molecular flexibility index (Phi) is 9.49. The quantitative estimate of drug-likeness (QED) is 0.570. The first-order valence-corrected chi connectivity index (χ1v) is 8.48. The first-order valence-electron chi connectivity index (χ1n) is 8.48. The van der Waals surface area contributed by atoms with E-state index in [-0.39, 0.29) is 11.9 Å². The monoisotopic (exact) mass is 293 g/mol. The van der Waals surface area contributed by atoms with E-state index in [2.05, 4.69) is 21.9 Å². The molecule has 0 atom stereocenters. The lowest BCUT2D eigenvalue weighted by Gasteiger charge is -2.03. The van der Waals surface area contributed by atoms with Gasteiger partial charge in [-0.2, -0.15) is 15.0 Å². The first-order chi connectivity index (χ1) is 10.2. The van der Waals surface area contributed by atoms with E-state index in [9.17, 15) is 0 Å². The van der Waals surface area contributed by atoms with Gasteiger partial charge < -0.3 is 11.5 Å². The Morgan fingerprint density at radius 3 is 1.52 bits per heavy atom. The standard InChI is InChI=1S/C16H31N5/c1-2-3-4-5-6-7-8-9-10-11-12-13-14-19-15(17)21-16(18)20-14/h2-13H2,1H3,(H4,17,18,19,20,21). The molecule has 0 aliphatic carbocycles. The molecule has 0 saturated carbocycles. The summed E-state index contributed by atoms with van der Waals surface area (Å²) in [5, 5.41) is 0. The highest BCUT2D eigenvalue weighted by Gasteiger charge is 2.01. The van der Waals surface area contributed by atoms with Crippen LogP contribution in [0.2, 0.25) is 0 Å². The predicted octanol–water partition coefficient (Wildman–Crippen LogP) is 3.89. The molecule has 0 aliphatic rings. The van der Waals surface area contributed by atoms with Crippen LogP contribution in [-0.4, -0.2) is 15.0 Å². The van der Waals surface area contributed by atoms with Crippen molar-refractivity contribution in [3.63, 3.8) is 0 Å². The molecule has 0 radical (unpaired) electrons. The zero-order valence-corrected chi connectivity index (χ0v) is 13.5. The summed E-state index contributed by atoms with van der Waals surface area (Å²) in [5.41, 5.74) is 11.1. The second-order valence-electron chi connectivity index (χ2n) is 5.75.